The maximum atomic E-state index is 5.85. The summed E-state index contributed by atoms with van der Waals surface area (Å²) in [6.07, 6.45) is 1.45. The molecule has 0 spiro atoms. The molecular formula is C17H24O4. The largest absolute Gasteiger partial charge is 0.374 e. The molecule has 1 aromatic rings. The molecule has 0 bridgehead atoms. The molecular weight excluding hydrogens is 268 g/mol. The monoisotopic (exact) mass is 292 g/mol. The molecule has 0 radical (unpaired) electrons. The minimum Gasteiger partial charge on any atom is -0.374 e. The van der Waals surface area contributed by atoms with Crippen molar-refractivity contribution in [2.24, 2.45) is 0 Å². The number of hydrogen-bond acceptors (Lipinski definition) is 4. The molecule has 2 rings (SSSR count). The summed E-state index contributed by atoms with van der Waals surface area (Å²) >= 11 is 0. The zero-order valence-corrected chi connectivity index (χ0v) is 12.8. The van der Waals surface area contributed by atoms with Crippen LogP contribution in [0.2, 0.25) is 0 Å². The summed E-state index contributed by atoms with van der Waals surface area (Å²) in [7, 11) is 0. The fraction of sp³-hybridized carbons (Fsp3) is 0.529. The van der Waals surface area contributed by atoms with Gasteiger partial charge in [0, 0.05) is 0 Å². The van der Waals surface area contributed by atoms with E-state index in [1.807, 2.05) is 44.2 Å². The lowest BCUT2D eigenvalue weighted by molar-refractivity contribution is -0.162. The van der Waals surface area contributed by atoms with Gasteiger partial charge in [-0.3, -0.25) is 0 Å². The summed E-state index contributed by atoms with van der Waals surface area (Å²) in [5.74, 6) is -0.556. The minimum absolute atomic E-state index is 0.115. The van der Waals surface area contributed by atoms with Crippen LogP contribution in [0.15, 0.2) is 43.0 Å². The van der Waals surface area contributed by atoms with Crippen LogP contribution in [0.1, 0.15) is 19.4 Å². The lowest BCUT2D eigenvalue weighted by Gasteiger charge is -2.24. The molecule has 0 N–H and O–H groups in total. The molecule has 4 heteroatoms. The summed E-state index contributed by atoms with van der Waals surface area (Å²) in [4.78, 5) is 0. The van der Waals surface area contributed by atoms with Crippen LogP contribution in [-0.4, -0.2) is 37.8 Å². The van der Waals surface area contributed by atoms with Gasteiger partial charge in [0.1, 0.15) is 12.2 Å². The number of ether oxygens (including phenoxy) is 4. The van der Waals surface area contributed by atoms with Crippen molar-refractivity contribution in [3.05, 3.63) is 48.6 Å². The van der Waals surface area contributed by atoms with E-state index in [0.717, 1.165) is 5.56 Å². The Labute approximate surface area is 126 Å². The maximum absolute atomic E-state index is 5.85. The van der Waals surface area contributed by atoms with Crippen molar-refractivity contribution in [2.75, 3.05) is 19.8 Å². The van der Waals surface area contributed by atoms with Gasteiger partial charge in [-0.2, -0.15) is 0 Å². The van der Waals surface area contributed by atoms with Crippen LogP contribution in [0.25, 0.3) is 0 Å². The average molecular weight is 292 g/mol. The molecule has 0 aliphatic carbocycles. The molecule has 1 heterocycles. The van der Waals surface area contributed by atoms with Crippen LogP contribution < -0.4 is 0 Å². The van der Waals surface area contributed by atoms with E-state index in [1.165, 1.54) is 0 Å². The van der Waals surface area contributed by atoms with Gasteiger partial charge < -0.3 is 18.9 Å². The molecule has 116 valence electrons. The zero-order chi connectivity index (χ0) is 15.1. The average Bonchev–Trinajstić information content (AvgIpc) is 2.84. The highest BCUT2D eigenvalue weighted by atomic mass is 16.7. The lowest BCUT2D eigenvalue weighted by Crippen LogP contribution is -2.36. The predicted molar refractivity (Wildman–Crippen MR) is 80.9 cm³/mol. The summed E-state index contributed by atoms with van der Waals surface area (Å²) in [5, 5.41) is 0. The van der Waals surface area contributed by atoms with Crippen LogP contribution in [0.5, 0.6) is 0 Å². The van der Waals surface area contributed by atoms with Gasteiger partial charge in [0.2, 0.25) is 0 Å². The van der Waals surface area contributed by atoms with Crippen molar-refractivity contribution < 1.29 is 18.9 Å². The van der Waals surface area contributed by atoms with Gasteiger partial charge >= 0.3 is 0 Å². The van der Waals surface area contributed by atoms with E-state index >= 15 is 0 Å². The van der Waals surface area contributed by atoms with E-state index in [1.54, 1.807) is 6.08 Å². The van der Waals surface area contributed by atoms with Crippen molar-refractivity contribution in [1.29, 1.82) is 0 Å². The zero-order valence-electron chi connectivity index (χ0n) is 12.8. The van der Waals surface area contributed by atoms with Crippen molar-refractivity contribution in [1.82, 2.24) is 0 Å². The highest BCUT2D eigenvalue weighted by Crippen LogP contribution is 2.25. The molecule has 2 unspecified atom stereocenters. The summed E-state index contributed by atoms with van der Waals surface area (Å²) in [6, 6.07) is 10.1. The van der Waals surface area contributed by atoms with Gasteiger partial charge in [-0.05, 0) is 19.4 Å². The van der Waals surface area contributed by atoms with Gasteiger partial charge in [0.15, 0.2) is 5.79 Å². The standard InChI is InChI=1S/C17H24O4/c1-4-10-19-15(16-13-20-17(2,3)21-16)12-18-11-14-8-6-5-7-9-14/h4-9,15-16H,1,10-13H2,2-3H3. The second-order valence-electron chi connectivity index (χ2n) is 5.53. The Kier molecular flexibility index (Phi) is 5.94. The molecule has 1 aromatic carbocycles. The third kappa shape index (κ3) is 5.25. The Morgan fingerprint density at radius 2 is 2.14 bits per heavy atom. The van der Waals surface area contributed by atoms with Crippen molar-refractivity contribution >= 4 is 0 Å². The lowest BCUT2D eigenvalue weighted by atomic mass is 10.2. The Morgan fingerprint density at radius 3 is 2.76 bits per heavy atom. The van der Waals surface area contributed by atoms with E-state index in [-0.39, 0.29) is 12.2 Å². The topological polar surface area (TPSA) is 36.9 Å². The first-order chi connectivity index (χ1) is 10.1. The molecule has 0 saturated carbocycles. The van der Waals surface area contributed by atoms with Crippen molar-refractivity contribution in [3.8, 4) is 0 Å². The van der Waals surface area contributed by atoms with Crippen LogP contribution in [-0.2, 0) is 25.6 Å². The smallest absolute Gasteiger partial charge is 0.163 e. The number of benzene rings is 1. The highest BCUT2D eigenvalue weighted by Gasteiger charge is 2.37. The quantitative estimate of drug-likeness (QED) is 0.690. The normalized spacial score (nSPS) is 22.1. The van der Waals surface area contributed by atoms with Crippen LogP contribution in [0, 0.1) is 0 Å². The van der Waals surface area contributed by atoms with E-state index in [4.69, 9.17) is 18.9 Å². The van der Waals surface area contributed by atoms with Gasteiger partial charge in [-0.1, -0.05) is 36.4 Å². The second-order valence-corrected chi connectivity index (χ2v) is 5.53. The van der Waals surface area contributed by atoms with Crippen molar-refractivity contribution in [2.45, 2.75) is 38.4 Å². The molecule has 1 saturated heterocycles. The van der Waals surface area contributed by atoms with Crippen LogP contribution in [0.3, 0.4) is 0 Å². The highest BCUT2D eigenvalue weighted by molar-refractivity contribution is 5.13. The molecule has 2 atom stereocenters. The minimum atomic E-state index is -0.556. The molecule has 21 heavy (non-hydrogen) atoms. The van der Waals surface area contributed by atoms with Crippen LogP contribution >= 0.6 is 0 Å². The van der Waals surface area contributed by atoms with Gasteiger partial charge in [0.05, 0.1) is 26.4 Å². The first-order valence-corrected chi connectivity index (χ1v) is 7.26. The first kappa shape index (κ1) is 16.2. The van der Waals surface area contributed by atoms with Gasteiger partial charge in [-0.25, -0.2) is 0 Å². The molecule has 4 nitrogen and oxygen atoms in total. The summed E-state index contributed by atoms with van der Waals surface area (Å²) in [5.41, 5.74) is 1.14. The second kappa shape index (κ2) is 7.71. The predicted octanol–water partition coefficient (Wildman–Crippen LogP) is 2.93. The Hall–Kier alpha value is -1.20. The van der Waals surface area contributed by atoms with Gasteiger partial charge in [-0.15, -0.1) is 6.58 Å². The Morgan fingerprint density at radius 1 is 1.38 bits per heavy atom. The van der Waals surface area contributed by atoms with E-state index in [9.17, 15) is 0 Å². The SMILES string of the molecule is C=CCOC(COCc1ccccc1)C1COC(C)(C)O1. The molecule has 0 aromatic heterocycles. The summed E-state index contributed by atoms with van der Waals surface area (Å²) in [6.45, 7) is 9.50. The fourth-order valence-electron chi connectivity index (χ4n) is 2.22. The molecule has 1 aliphatic rings. The summed E-state index contributed by atoms with van der Waals surface area (Å²) < 4.78 is 23.0. The molecule has 0 amide bonds. The molecule has 1 aliphatic heterocycles. The number of rotatable bonds is 8. The van der Waals surface area contributed by atoms with Crippen LogP contribution in [0.4, 0.5) is 0 Å². The third-order valence-corrected chi connectivity index (χ3v) is 3.27. The first-order valence-electron chi connectivity index (χ1n) is 7.26. The Balaban J connectivity index is 1.83. The van der Waals surface area contributed by atoms with E-state index in [2.05, 4.69) is 6.58 Å². The number of hydrogen-bond donors (Lipinski definition) is 0. The van der Waals surface area contributed by atoms with E-state index < -0.39 is 5.79 Å². The molecule has 1 fully saturated rings. The Bertz CT molecular complexity index is 430. The van der Waals surface area contributed by atoms with Gasteiger partial charge in [0.25, 0.3) is 0 Å². The van der Waals surface area contributed by atoms with E-state index in [0.29, 0.717) is 26.4 Å². The maximum Gasteiger partial charge on any atom is 0.163 e. The fourth-order valence-corrected chi connectivity index (χ4v) is 2.22. The van der Waals surface area contributed by atoms with Crippen molar-refractivity contribution in [3.63, 3.8) is 0 Å². The third-order valence-electron chi connectivity index (χ3n) is 3.27.